The van der Waals surface area contributed by atoms with E-state index in [1.54, 1.807) is 18.0 Å². The van der Waals surface area contributed by atoms with Gasteiger partial charge in [-0.2, -0.15) is 0 Å². The van der Waals surface area contributed by atoms with Gasteiger partial charge in [-0.15, -0.1) is 0 Å². The largest absolute Gasteiger partial charge is 0.506 e. The van der Waals surface area contributed by atoms with Gasteiger partial charge in [0, 0.05) is 12.6 Å². The maximum atomic E-state index is 12.2. The molecule has 2 aromatic carbocycles. The molecule has 0 saturated carbocycles. The number of hydrogen-bond acceptors (Lipinski definition) is 3. The van der Waals surface area contributed by atoms with Gasteiger partial charge >= 0.3 is 0 Å². The summed E-state index contributed by atoms with van der Waals surface area (Å²) in [6.45, 7) is 2.83. The molecule has 0 bridgehead atoms. The zero-order chi connectivity index (χ0) is 16.1. The fourth-order valence-corrected chi connectivity index (χ4v) is 2.15. The van der Waals surface area contributed by atoms with Gasteiger partial charge in [-0.05, 0) is 36.8 Å². The van der Waals surface area contributed by atoms with Gasteiger partial charge in [-0.25, -0.2) is 0 Å². The van der Waals surface area contributed by atoms with Crippen molar-refractivity contribution in [3.63, 3.8) is 0 Å². The molecule has 5 heteroatoms. The van der Waals surface area contributed by atoms with Crippen molar-refractivity contribution in [1.82, 2.24) is 4.90 Å². The second-order valence-corrected chi connectivity index (χ2v) is 5.41. The van der Waals surface area contributed by atoms with Crippen LogP contribution in [-0.4, -0.2) is 36.1 Å². The van der Waals surface area contributed by atoms with Crippen LogP contribution in [0.5, 0.6) is 11.5 Å². The van der Waals surface area contributed by atoms with E-state index in [4.69, 9.17) is 16.3 Å². The van der Waals surface area contributed by atoms with Gasteiger partial charge in [0.2, 0.25) is 0 Å². The van der Waals surface area contributed by atoms with E-state index in [1.807, 2.05) is 31.2 Å². The Bertz CT molecular complexity index is 673. The number of para-hydroxylation sites is 1. The molecule has 0 aliphatic carbocycles. The van der Waals surface area contributed by atoms with Crippen molar-refractivity contribution in [3.05, 3.63) is 58.6 Å². The van der Waals surface area contributed by atoms with Gasteiger partial charge in [-0.1, -0.05) is 29.8 Å². The summed E-state index contributed by atoms with van der Waals surface area (Å²) in [5.41, 5.74) is 1.49. The standard InChI is InChI=1S/C17H18ClNO3/c1-12-5-3-4-6-16(12)22-10-9-19(2)17(21)13-7-8-15(20)14(18)11-13/h3-8,11,20H,9-10H2,1-2H3. The van der Waals surface area contributed by atoms with Crippen molar-refractivity contribution >= 4 is 17.5 Å². The molecule has 116 valence electrons. The van der Waals surface area contributed by atoms with E-state index >= 15 is 0 Å². The lowest BCUT2D eigenvalue weighted by molar-refractivity contribution is 0.0773. The molecule has 0 atom stereocenters. The topological polar surface area (TPSA) is 49.8 Å². The predicted octanol–water partition coefficient (Wildman–Crippen LogP) is 3.51. The van der Waals surface area contributed by atoms with Gasteiger partial charge in [0.1, 0.15) is 18.1 Å². The molecular weight excluding hydrogens is 302 g/mol. The van der Waals surface area contributed by atoms with Crippen LogP contribution in [-0.2, 0) is 0 Å². The van der Waals surface area contributed by atoms with Crippen molar-refractivity contribution in [1.29, 1.82) is 0 Å². The number of aromatic hydroxyl groups is 1. The third-order valence-corrected chi connectivity index (χ3v) is 3.62. The minimum atomic E-state index is -0.171. The number of nitrogens with zero attached hydrogens (tertiary/aromatic N) is 1. The third-order valence-electron chi connectivity index (χ3n) is 3.32. The highest BCUT2D eigenvalue weighted by Crippen LogP contribution is 2.24. The minimum Gasteiger partial charge on any atom is -0.506 e. The van der Waals surface area contributed by atoms with Crippen LogP contribution in [0.25, 0.3) is 0 Å². The number of benzene rings is 2. The first-order valence-corrected chi connectivity index (χ1v) is 7.29. The SMILES string of the molecule is Cc1ccccc1OCCN(C)C(=O)c1ccc(O)c(Cl)c1. The Hall–Kier alpha value is -2.20. The van der Waals surface area contributed by atoms with Crippen LogP contribution in [0.3, 0.4) is 0 Å². The summed E-state index contributed by atoms with van der Waals surface area (Å²) in [5.74, 6) is 0.607. The van der Waals surface area contributed by atoms with Gasteiger partial charge in [-0.3, -0.25) is 4.79 Å². The summed E-state index contributed by atoms with van der Waals surface area (Å²) in [5, 5.41) is 9.54. The first-order valence-electron chi connectivity index (χ1n) is 6.91. The number of ether oxygens (including phenoxy) is 1. The molecule has 2 aromatic rings. The smallest absolute Gasteiger partial charge is 0.253 e. The Morgan fingerprint density at radius 3 is 2.68 bits per heavy atom. The van der Waals surface area contributed by atoms with Crippen LogP contribution in [0.2, 0.25) is 5.02 Å². The monoisotopic (exact) mass is 319 g/mol. The van der Waals surface area contributed by atoms with Crippen molar-refractivity contribution in [3.8, 4) is 11.5 Å². The molecular formula is C17H18ClNO3. The van der Waals surface area contributed by atoms with E-state index in [1.165, 1.54) is 12.1 Å². The average Bonchev–Trinajstić information content (AvgIpc) is 2.51. The zero-order valence-electron chi connectivity index (χ0n) is 12.5. The number of phenols is 1. The maximum absolute atomic E-state index is 12.2. The lowest BCUT2D eigenvalue weighted by atomic mass is 10.2. The first kappa shape index (κ1) is 16.2. The van der Waals surface area contributed by atoms with E-state index in [-0.39, 0.29) is 16.7 Å². The quantitative estimate of drug-likeness (QED) is 0.917. The maximum Gasteiger partial charge on any atom is 0.253 e. The normalized spacial score (nSPS) is 10.3. The number of halogens is 1. The molecule has 0 unspecified atom stereocenters. The van der Waals surface area contributed by atoms with Crippen molar-refractivity contribution in [2.75, 3.05) is 20.2 Å². The zero-order valence-corrected chi connectivity index (χ0v) is 13.3. The number of carbonyl (C=O) groups is 1. The second kappa shape index (κ2) is 7.18. The number of amides is 1. The molecule has 22 heavy (non-hydrogen) atoms. The highest BCUT2D eigenvalue weighted by atomic mass is 35.5. The van der Waals surface area contributed by atoms with Gasteiger partial charge in [0.15, 0.2) is 0 Å². The first-order chi connectivity index (χ1) is 10.5. The molecule has 1 N–H and O–H groups in total. The van der Waals surface area contributed by atoms with E-state index < -0.39 is 0 Å². The summed E-state index contributed by atoms with van der Waals surface area (Å²) in [6, 6.07) is 12.1. The summed E-state index contributed by atoms with van der Waals surface area (Å²) in [7, 11) is 1.70. The number of hydrogen-bond donors (Lipinski definition) is 1. The Balaban J connectivity index is 1.91. The van der Waals surface area contributed by atoms with Crippen molar-refractivity contribution in [2.24, 2.45) is 0 Å². The van der Waals surface area contributed by atoms with Gasteiger partial charge in [0.05, 0.1) is 11.6 Å². The molecule has 0 saturated heterocycles. The predicted molar refractivity (Wildman–Crippen MR) is 86.8 cm³/mol. The highest BCUT2D eigenvalue weighted by molar-refractivity contribution is 6.32. The Morgan fingerprint density at radius 1 is 1.27 bits per heavy atom. The third kappa shape index (κ3) is 3.92. The van der Waals surface area contributed by atoms with Gasteiger partial charge in [0.25, 0.3) is 5.91 Å². The second-order valence-electron chi connectivity index (χ2n) is 5.01. The Kier molecular flexibility index (Phi) is 5.28. The minimum absolute atomic E-state index is 0.0382. The number of phenolic OH excluding ortho intramolecular Hbond substituents is 1. The van der Waals surface area contributed by atoms with Crippen molar-refractivity contribution < 1.29 is 14.6 Å². The highest BCUT2D eigenvalue weighted by Gasteiger charge is 2.13. The Morgan fingerprint density at radius 2 is 2.00 bits per heavy atom. The van der Waals surface area contributed by atoms with Crippen LogP contribution >= 0.6 is 11.6 Å². The molecule has 0 aliphatic rings. The van der Waals surface area contributed by atoms with Crippen LogP contribution in [0, 0.1) is 6.92 Å². The van der Waals surface area contributed by atoms with E-state index in [0.29, 0.717) is 18.7 Å². The van der Waals surface area contributed by atoms with E-state index in [0.717, 1.165) is 11.3 Å². The van der Waals surface area contributed by atoms with Crippen LogP contribution < -0.4 is 4.74 Å². The summed E-state index contributed by atoms with van der Waals surface area (Å²) >= 11 is 5.82. The number of carbonyl (C=O) groups excluding carboxylic acids is 1. The molecule has 0 spiro atoms. The number of rotatable bonds is 5. The summed E-state index contributed by atoms with van der Waals surface area (Å²) in [4.78, 5) is 13.8. The molecule has 0 aromatic heterocycles. The molecule has 0 fully saturated rings. The average molecular weight is 320 g/mol. The fraction of sp³-hybridized carbons (Fsp3) is 0.235. The van der Waals surface area contributed by atoms with E-state index in [2.05, 4.69) is 0 Å². The lowest BCUT2D eigenvalue weighted by Gasteiger charge is -2.18. The number of likely N-dealkylation sites (N-methyl/N-ethyl adjacent to an activating group) is 1. The molecule has 2 rings (SSSR count). The molecule has 0 radical (unpaired) electrons. The van der Waals surface area contributed by atoms with Crippen LogP contribution in [0.15, 0.2) is 42.5 Å². The van der Waals surface area contributed by atoms with E-state index in [9.17, 15) is 9.90 Å². The summed E-state index contributed by atoms with van der Waals surface area (Å²) < 4.78 is 5.68. The fourth-order valence-electron chi connectivity index (χ4n) is 1.97. The lowest BCUT2D eigenvalue weighted by Crippen LogP contribution is -2.30. The van der Waals surface area contributed by atoms with Crippen molar-refractivity contribution in [2.45, 2.75) is 6.92 Å². The van der Waals surface area contributed by atoms with Gasteiger partial charge < -0.3 is 14.7 Å². The molecule has 1 amide bonds. The molecule has 4 nitrogen and oxygen atoms in total. The Labute approximate surface area is 134 Å². The summed E-state index contributed by atoms with van der Waals surface area (Å²) in [6.07, 6.45) is 0. The van der Waals surface area contributed by atoms with Crippen LogP contribution in [0.1, 0.15) is 15.9 Å². The molecule has 0 aliphatic heterocycles. The van der Waals surface area contributed by atoms with Crippen LogP contribution in [0.4, 0.5) is 0 Å². The number of aryl methyl sites for hydroxylation is 1. The molecule has 0 heterocycles.